The quantitative estimate of drug-likeness (QED) is 0.610. The van der Waals surface area contributed by atoms with Gasteiger partial charge in [-0.1, -0.05) is 25.5 Å². The van der Waals surface area contributed by atoms with Crippen molar-refractivity contribution in [3.05, 3.63) is 29.8 Å². The number of benzene rings is 1. The first-order chi connectivity index (χ1) is 9.80. The van der Waals surface area contributed by atoms with Gasteiger partial charge in [0, 0.05) is 26.2 Å². The third-order valence-corrected chi connectivity index (χ3v) is 3.14. The van der Waals surface area contributed by atoms with Crippen molar-refractivity contribution in [2.75, 3.05) is 32.9 Å². The molecule has 0 unspecified atom stereocenters. The minimum atomic E-state index is 0.143. The number of ether oxygens (including phenoxy) is 1. The maximum Gasteiger partial charge on any atom is 0.119 e. The zero-order valence-corrected chi connectivity index (χ0v) is 12.4. The molecule has 114 valence electrons. The van der Waals surface area contributed by atoms with Crippen molar-refractivity contribution in [1.29, 1.82) is 0 Å². The smallest absolute Gasteiger partial charge is 0.119 e. The fourth-order valence-electron chi connectivity index (χ4n) is 1.99. The van der Waals surface area contributed by atoms with Gasteiger partial charge in [-0.05, 0) is 30.5 Å². The number of aliphatic hydroxyl groups excluding tert-OH is 2. The molecule has 20 heavy (non-hydrogen) atoms. The third-order valence-electron chi connectivity index (χ3n) is 3.14. The molecule has 0 atom stereocenters. The summed E-state index contributed by atoms with van der Waals surface area (Å²) in [4.78, 5) is 2.14. The van der Waals surface area contributed by atoms with E-state index in [1.807, 2.05) is 12.1 Å². The number of nitrogens with zero attached hydrogens (tertiary/aromatic N) is 1. The van der Waals surface area contributed by atoms with Crippen molar-refractivity contribution < 1.29 is 14.9 Å². The van der Waals surface area contributed by atoms with Crippen LogP contribution in [0.15, 0.2) is 24.3 Å². The number of aliphatic hydroxyl groups is 2. The molecule has 0 aliphatic heterocycles. The molecule has 1 aromatic carbocycles. The monoisotopic (exact) mass is 281 g/mol. The largest absolute Gasteiger partial charge is 0.494 e. The Morgan fingerprint density at radius 3 is 2.35 bits per heavy atom. The van der Waals surface area contributed by atoms with Gasteiger partial charge >= 0.3 is 0 Å². The minimum Gasteiger partial charge on any atom is -0.494 e. The van der Waals surface area contributed by atoms with Crippen LogP contribution in [0.4, 0.5) is 0 Å². The van der Waals surface area contributed by atoms with Crippen LogP contribution in [-0.4, -0.2) is 48.0 Å². The predicted octanol–water partition coefficient (Wildman–Crippen LogP) is 2.04. The molecule has 4 nitrogen and oxygen atoms in total. The van der Waals surface area contributed by atoms with E-state index in [2.05, 4.69) is 24.0 Å². The van der Waals surface area contributed by atoms with Crippen molar-refractivity contribution in [2.24, 2.45) is 0 Å². The van der Waals surface area contributed by atoms with Crippen molar-refractivity contribution in [1.82, 2.24) is 4.90 Å². The fraction of sp³-hybridized carbons (Fsp3) is 0.625. The molecule has 0 amide bonds. The van der Waals surface area contributed by atoms with Crippen LogP contribution in [0.25, 0.3) is 0 Å². The van der Waals surface area contributed by atoms with Gasteiger partial charge in [-0.2, -0.15) is 0 Å². The van der Waals surface area contributed by atoms with E-state index in [0.717, 1.165) is 44.7 Å². The molecule has 1 rings (SSSR count). The molecule has 0 aromatic heterocycles. The molecule has 1 aromatic rings. The van der Waals surface area contributed by atoms with Gasteiger partial charge in [-0.25, -0.2) is 0 Å². The van der Waals surface area contributed by atoms with Gasteiger partial charge in [0.15, 0.2) is 0 Å². The van der Waals surface area contributed by atoms with Crippen LogP contribution in [-0.2, 0) is 6.54 Å². The third kappa shape index (κ3) is 6.89. The Morgan fingerprint density at radius 1 is 1.00 bits per heavy atom. The van der Waals surface area contributed by atoms with Crippen molar-refractivity contribution in [3.63, 3.8) is 0 Å². The molecular formula is C16H27NO3. The van der Waals surface area contributed by atoms with Crippen LogP contribution < -0.4 is 4.74 Å². The van der Waals surface area contributed by atoms with Crippen molar-refractivity contribution in [2.45, 2.75) is 32.7 Å². The molecule has 4 heteroatoms. The summed E-state index contributed by atoms with van der Waals surface area (Å²) in [6, 6.07) is 8.11. The van der Waals surface area contributed by atoms with Gasteiger partial charge in [0.25, 0.3) is 0 Å². The lowest BCUT2D eigenvalue weighted by atomic mass is 10.2. The maximum absolute atomic E-state index is 9.05. The Morgan fingerprint density at radius 2 is 1.75 bits per heavy atom. The van der Waals surface area contributed by atoms with Crippen molar-refractivity contribution >= 4 is 0 Å². The van der Waals surface area contributed by atoms with Crippen molar-refractivity contribution in [3.8, 4) is 5.75 Å². The lowest BCUT2D eigenvalue weighted by Crippen LogP contribution is -2.28. The second-order valence-corrected chi connectivity index (χ2v) is 4.92. The van der Waals surface area contributed by atoms with Gasteiger partial charge in [-0.3, -0.25) is 4.90 Å². The Labute approximate surface area is 122 Å². The van der Waals surface area contributed by atoms with E-state index in [9.17, 15) is 0 Å². The van der Waals surface area contributed by atoms with Crippen LogP contribution in [0.1, 0.15) is 31.7 Å². The first kappa shape index (κ1) is 17.0. The molecule has 0 radical (unpaired) electrons. The number of hydrogen-bond donors (Lipinski definition) is 2. The summed E-state index contributed by atoms with van der Waals surface area (Å²) in [6.45, 7) is 5.46. The Hall–Kier alpha value is -1.10. The van der Waals surface area contributed by atoms with Crippen LogP contribution >= 0.6 is 0 Å². The lowest BCUT2D eigenvalue weighted by Gasteiger charge is -2.21. The molecule has 0 aliphatic rings. The summed E-state index contributed by atoms with van der Waals surface area (Å²) in [7, 11) is 0. The highest BCUT2D eigenvalue weighted by molar-refractivity contribution is 5.27. The van der Waals surface area contributed by atoms with E-state index in [1.54, 1.807) is 0 Å². The number of unbranched alkanes of at least 4 members (excludes halogenated alkanes) is 1. The summed E-state index contributed by atoms with van der Waals surface area (Å²) in [5.74, 6) is 0.909. The van der Waals surface area contributed by atoms with Crippen LogP contribution in [0.5, 0.6) is 5.75 Å². The predicted molar refractivity (Wildman–Crippen MR) is 80.9 cm³/mol. The van der Waals surface area contributed by atoms with E-state index >= 15 is 0 Å². The van der Waals surface area contributed by atoms with E-state index in [4.69, 9.17) is 14.9 Å². The van der Waals surface area contributed by atoms with Gasteiger partial charge < -0.3 is 14.9 Å². The summed E-state index contributed by atoms with van der Waals surface area (Å²) < 4.78 is 5.63. The molecule has 0 bridgehead atoms. The zero-order valence-electron chi connectivity index (χ0n) is 12.4. The normalized spacial score (nSPS) is 11.0. The molecule has 0 aliphatic carbocycles. The number of rotatable bonds is 11. The van der Waals surface area contributed by atoms with Gasteiger partial charge in [0.05, 0.1) is 13.2 Å². The van der Waals surface area contributed by atoms with Gasteiger partial charge in [0.1, 0.15) is 5.75 Å². The van der Waals surface area contributed by atoms with E-state index in [1.165, 1.54) is 5.56 Å². The van der Waals surface area contributed by atoms with E-state index in [-0.39, 0.29) is 13.2 Å². The van der Waals surface area contributed by atoms with Crippen LogP contribution in [0, 0.1) is 0 Å². The lowest BCUT2D eigenvalue weighted by molar-refractivity contribution is 0.174. The first-order valence-electron chi connectivity index (χ1n) is 7.46. The van der Waals surface area contributed by atoms with Gasteiger partial charge in [0.2, 0.25) is 0 Å². The molecule has 2 N–H and O–H groups in total. The second-order valence-electron chi connectivity index (χ2n) is 4.92. The SMILES string of the molecule is CCCCOc1ccc(CN(CCO)CCCO)cc1. The van der Waals surface area contributed by atoms with Gasteiger partial charge in [-0.15, -0.1) is 0 Å². The molecular weight excluding hydrogens is 254 g/mol. The second kappa shape index (κ2) is 10.7. The Kier molecular flexibility index (Phi) is 9.04. The highest BCUT2D eigenvalue weighted by atomic mass is 16.5. The molecule has 0 saturated carbocycles. The molecule has 0 heterocycles. The minimum absolute atomic E-state index is 0.143. The van der Waals surface area contributed by atoms with Crippen LogP contribution in [0.3, 0.4) is 0 Å². The Bertz CT molecular complexity index is 340. The van der Waals surface area contributed by atoms with E-state index < -0.39 is 0 Å². The average molecular weight is 281 g/mol. The first-order valence-corrected chi connectivity index (χ1v) is 7.46. The molecule has 0 saturated heterocycles. The molecule has 0 fully saturated rings. The topological polar surface area (TPSA) is 52.9 Å². The zero-order chi connectivity index (χ0) is 14.6. The highest BCUT2D eigenvalue weighted by Crippen LogP contribution is 2.14. The highest BCUT2D eigenvalue weighted by Gasteiger charge is 2.05. The maximum atomic E-state index is 9.05. The average Bonchev–Trinajstić information content (AvgIpc) is 2.47. The molecule has 0 spiro atoms. The fourth-order valence-corrected chi connectivity index (χ4v) is 1.99. The standard InChI is InChI=1S/C16H27NO3/c1-2-3-13-20-16-7-5-15(6-8-16)14-17(10-12-19)9-4-11-18/h5-8,18-19H,2-4,9-14H2,1H3. The summed E-state index contributed by atoms with van der Waals surface area (Å²) in [5.41, 5.74) is 1.19. The summed E-state index contributed by atoms with van der Waals surface area (Å²) in [6.07, 6.45) is 2.95. The van der Waals surface area contributed by atoms with Crippen LogP contribution in [0.2, 0.25) is 0 Å². The Balaban J connectivity index is 2.45. The summed E-state index contributed by atoms with van der Waals surface area (Å²) >= 11 is 0. The number of hydrogen-bond acceptors (Lipinski definition) is 4. The van der Waals surface area contributed by atoms with E-state index in [0.29, 0.717) is 6.54 Å². The summed E-state index contributed by atoms with van der Waals surface area (Å²) in [5, 5.41) is 17.9.